The Labute approximate surface area is 164 Å². The number of ether oxygens (including phenoxy) is 1. The molecule has 5 rings (SSSR count). The fourth-order valence-electron chi connectivity index (χ4n) is 5.45. The zero-order valence-electron chi connectivity index (χ0n) is 15.8. The summed E-state index contributed by atoms with van der Waals surface area (Å²) in [6, 6.07) is 16.3. The molecule has 146 valence electrons. The third kappa shape index (κ3) is 3.03. The van der Waals surface area contributed by atoms with Crippen LogP contribution in [0.15, 0.2) is 54.6 Å². The molecule has 2 aromatic carbocycles. The summed E-state index contributed by atoms with van der Waals surface area (Å²) in [6.45, 7) is 3.00. The molecular weight excluding hydrogens is 355 g/mol. The molecule has 1 N–H and O–H groups in total. The Morgan fingerprint density at radius 2 is 1.96 bits per heavy atom. The maximum absolute atomic E-state index is 14.1. The number of carbonyl (C=O) groups is 1. The van der Waals surface area contributed by atoms with Crippen LogP contribution in [-0.2, 0) is 11.3 Å². The fourth-order valence-corrected chi connectivity index (χ4v) is 5.45. The Morgan fingerprint density at radius 3 is 2.79 bits per heavy atom. The van der Waals surface area contributed by atoms with Gasteiger partial charge in [0.05, 0.1) is 11.7 Å². The van der Waals surface area contributed by atoms with Crippen molar-refractivity contribution in [2.24, 2.45) is 11.8 Å². The number of nitrogens with one attached hydrogen (secondary N) is 1. The number of likely N-dealkylation sites (tertiary alicyclic amines) is 1. The molecule has 2 aromatic rings. The van der Waals surface area contributed by atoms with Crippen LogP contribution in [0.5, 0.6) is 0 Å². The quantitative estimate of drug-likeness (QED) is 0.866. The van der Waals surface area contributed by atoms with Crippen LogP contribution >= 0.6 is 0 Å². The average molecular weight is 380 g/mol. The van der Waals surface area contributed by atoms with Gasteiger partial charge in [0.1, 0.15) is 5.82 Å². The summed E-state index contributed by atoms with van der Waals surface area (Å²) in [7, 11) is 0. The van der Waals surface area contributed by atoms with E-state index in [-0.39, 0.29) is 23.4 Å². The molecule has 3 saturated heterocycles. The predicted octanol–water partition coefficient (Wildman–Crippen LogP) is 3.24. The van der Waals surface area contributed by atoms with E-state index in [0.717, 1.165) is 31.5 Å². The number of amides is 1. The van der Waals surface area contributed by atoms with Crippen LogP contribution in [0.2, 0.25) is 0 Å². The SMILES string of the molecule is O=C(NC[C@H]1[C@H]2CN(Cc3ccccc3F)C[C@]23CC[C@H]1O3)c1ccccc1. The lowest BCUT2D eigenvalue weighted by molar-refractivity contribution is 0.00204. The van der Waals surface area contributed by atoms with Gasteiger partial charge in [-0.25, -0.2) is 4.39 Å². The molecule has 1 spiro atoms. The lowest BCUT2D eigenvalue weighted by Gasteiger charge is -2.29. The predicted molar refractivity (Wildman–Crippen MR) is 104 cm³/mol. The number of nitrogens with zero attached hydrogens (tertiary/aromatic N) is 1. The summed E-state index contributed by atoms with van der Waals surface area (Å²) < 4.78 is 20.5. The third-order valence-corrected chi connectivity index (χ3v) is 6.74. The number of halogens is 1. The highest BCUT2D eigenvalue weighted by Gasteiger charge is 2.62. The van der Waals surface area contributed by atoms with Crippen molar-refractivity contribution in [3.8, 4) is 0 Å². The molecule has 0 saturated carbocycles. The number of hydrogen-bond donors (Lipinski definition) is 1. The highest BCUT2D eigenvalue weighted by atomic mass is 19.1. The smallest absolute Gasteiger partial charge is 0.251 e. The Morgan fingerprint density at radius 1 is 1.18 bits per heavy atom. The van der Waals surface area contributed by atoms with Crippen molar-refractivity contribution in [3.05, 3.63) is 71.5 Å². The molecule has 4 nitrogen and oxygen atoms in total. The van der Waals surface area contributed by atoms with Crippen molar-refractivity contribution in [3.63, 3.8) is 0 Å². The van der Waals surface area contributed by atoms with Crippen molar-refractivity contribution in [1.29, 1.82) is 0 Å². The molecule has 3 fully saturated rings. The van der Waals surface area contributed by atoms with Crippen LogP contribution in [0, 0.1) is 17.7 Å². The molecule has 2 bridgehead atoms. The van der Waals surface area contributed by atoms with Gasteiger partial charge in [-0.05, 0) is 31.0 Å². The second kappa shape index (κ2) is 6.98. The second-order valence-corrected chi connectivity index (χ2v) is 8.37. The highest BCUT2D eigenvalue weighted by molar-refractivity contribution is 5.94. The number of fused-ring (bicyclic) bond motifs is 1. The normalized spacial score (nSPS) is 31.1. The lowest BCUT2D eigenvalue weighted by atomic mass is 9.73. The van der Waals surface area contributed by atoms with Gasteiger partial charge in [-0.1, -0.05) is 36.4 Å². The Kier molecular flexibility index (Phi) is 4.44. The van der Waals surface area contributed by atoms with E-state index in [2.05, 4.69) is 10.2 Å². The van der Waals surface area contributed by atoms with Crippen LogP contribution in [0.4, 0.5) is 4.39 Å². The van der Waals surface area contributed by atoms with Crippen LogP contribution in [0.25, 0.3) is 0 Å². The Bertz CT molecular complexity index is 874. The van der Waals surface area contributed by atoms with E-state index in [4.69, 9.17) is 4.74 Å². The lowest BCUT2D eigenvalue weighted by Crippen LogP contribution is -2.41. The molecular formula is C23H25FN2O2. The molecule has 3 heterocycles. The second-order valence-electron chi connectivity index (χ2n) is 8.37. The first-order valence-corrected chi connectivity index (χ1v) is 10.1. The zero-order valence-corrected chi connectivity index (χ0v) is 15.8. The first-order valence-electron chi connectivity index (χ1n) is 10.1. The van der Waals surface area contributed by atoms with E-state index in [0.29, 0.717) is 30.5 Å². The van der Waals surface area contributed by atoms with Gasteiger partial charge in [0.2, 0.25) is 0 Å². The van der Waals surface area contributed by atoms with Gasteiger partial charge < -0.3 is 10.1 Å². The van der Waals surface area contributed by atoms with E-state index in [1.807, 2.05) is 42.5 Å². The molecule has 0 radical (unpaired) electrons. The summed E-state index contributed by atoms with van der Waals surface area (Å²) >= 11 is 0. The van der Waals surface area contributed by atoms with E-state index < -0.39 is 0 Å². The van der Waals surface area contributed by atoms with Gasteiger partial charge in [0.25, 0.3) is 5.91 Å². The molecule has 28 heavy (non-hydrogen) atoms. The van der Waals surface area contributed by atoms with Crippen LogP contribution in [-0.4, -0.2) is 42.1 Å². The monoisotopic (exact) mass is 380 g/mol. The summed E-state index contributed by atoms with van der Waals surface area (Å²) in [5.41, 5.74) is 1.31. The van der Waals surface area contributed by atoms with E-state index in [1.165, 1.54) is 6.07 Å². The van der Waals surface area contributed by atoms with Crippen LogP contribution in [0.1, 0.15) is 28.8 Å². The zero-order chi connectivity index (χ0) is 19.1. The minimum absolute atomic E-state index is 0.0290. The number of benzene rings is 2. The van der Waals surface area contributed by atoms with Crippen molar-refractivity contribution < 1.29 is 13.9 Å². The maximum Gasteiger partial charge on any atom is 0.251 e. The van der Waals surface area contributed by atoms with Gasteiger partial charge in [0, 0.05) is 49.1 Å². The van der Waals surface area contributed by atoms with E-state index in [9.17, 15) is 9.18 Å². The largest absolute Gasteiger partial charge is 0.370 e. The summed E-state index contributed by atoms with van der Waals surface area (Å²) in [5.74, 6) is 0.550. The van der Waals surface area contributed by atoms with Crippen LogP contribution in [0.3, 0.4) is 0 Å². The van der Waals surface area contributed by atoms with Gasteiger partial charge >= 0.3 is 0 Å². The number of hydrogen-bond acceptors (Lipinski definition) is 3. The average Bonchev–Trinajstić information content (AvgIpc) is 3.37. The summed E-state index contributed by atoms with van der Waals surface area (Å²) in [6.07, 6.45) is 2.35. The maximum atomic E-state index is 14.1. The summed E-state index contributed by atoms with van der Waals surface area (Å²) in [4.78, 5) is 14.8. The molecule has 4 atom stereocenters. The molecule has 3 aliphatic heterocycles. The topological polar surface area (TPSA) is 41.6 Å². The molecule has 1 amide bonds. The molecule has 3 aliphatic rings. The Balaban J connectivity index is 1.26. The first-order chi connectivity index (χ1) is 13.6. The standard InChI is InChI=1S/C23H25FN2O2/c24-20-9-5-4-8-17(20)13-26-14-19-18(21-10-11-23(19,15-26)28-21)12-25-22(27)16-6-2-1-3-7-16/h1-9,18-19,21H,10-15H2,(H,25,27)/t18-,19+,21+,23+/m0/s1. The van der Waals surface area contributed by atoms with Crippen LogP contribution < -0.4 is 5.32 Å². The first kappa shape index (κ1) is 17.8. The fraction of sp³-hybridized carbons (Fsp3) is 0.435. The molecule has 5 heteroatoms. The molecule has 0 unspecified atom stereocenters. The van der Waals surface area contributed by atoms with Gasteiger partial charge in [-0.15, -0.1) is 0 Å². The third-order valence-electron chi connectivity index (χ3n) is 6.74. The number of rotatable bonds is 5. The molecule has 0 aliphatic carbocycles. The highest BCUT2D eigenvalue weighted by Crippen LogP contribution is 2.54. The number of carbonyl (C=O) groups excluding carboxylic acids is 1. The summed E-state index contributed by atoms with van der Waals surface area (Å²) in [5, 5.41) is 3.11. The van der Waals surface area contributed by atoms with Crippen molar-refractivity contribution in [2.75, 3.05) is 19.6 Å². The van der Waals surface area contributed by atoms with Crippen molar-refractivity contribution in [2.45, 2.75) is 31.1 Å². The van der Waals surface area contributed by atoms with Gasteiger partial charge in [0.15, 0.2) is 0 Å². The van der Waals surface area contributed by atoms with Crippen molar-refractivity contribution in [1.82, 2.24) is 10.2 Å². The van der Waals surface area contributed by atoms with Gasteiger partial charge in [-0.3, -0.25) is 9.69 Å². The molecule has 0 aromatic heterocycles. The minimum Gasteiger partial charge on any atom is -0.370 e. The van der Waals surface area contributed by atoms with E-state index in [1.54, 1.807) is 6.07 Å². The minimum atomic E-state index is -0.144. The Hall–Kier alpha value is -2.24. The van der Waals surface area contributed by atoms with Crippen molar-refractivity contribution >= 4 is 5.91 Å². The van der Waals surface area contributed by atoms with E-state index >= 15 is 0 Å². The van der Waals surface area contributed by atoms with Gasteiger partial charge in [-0.2, -0.15) is 0 Å².